The molecule has 2 rings (SSSR count). The fourth-order valence-corrected chi connectivity index (χ4v) is 2.79. The van der Waals surface area contributed by atoms with Gasteiger partial charge in [-0.05, 0) is 11.4 Å². The number of anilines is 1. The molecule has 100 valence electrons. The van der Waals surface area contributed by atoms with Crippen LogP contribution in [0, 0.1) is 0 Å². The third kappa shape index (κ3) is 3.16. The number of carbonyl (C=O) groups is 2. The van der Waals surface area contributed by atoms with Crippen LogP contribution in [-0.4, -0.2) is 29.1 Å². The van der Waals surface area contributed by atoms with Crippen molar-refractivity contribution in [3.63, 3.8) is 0 Å². The van der Waals surface area contributed by atoms with Crippen molar-refractivity contribution >= 4 is 39.7 Å². The number of carboxylic acid groups (broad SMARTS) is 1. The zero-order valence-electron chi connectivity index (χ0n) is 9.87. The van der Waals surface area contributed by atoms with E-state index in [4.69, 9.17) is 9.84 Å². The van der Waals surface area contributed by atoms with E-state index in [0.717, 1.165) is 11.3 Å². The number of hydrogen-bond acceptors (Lipinski definition) is 6. The molecule has 0 spiro atoms. The van der Waals surface area contributed by atoms with Gasteiger partial charge < -0.3 is 9.84 Å². The van der Waals surface area contributed by atoms with E-state index in [2.05, 4.69) is 10.3 Å². The molecule has 0 aromatic carbocycles. The minimum absolute atomic E-state index is 0.0725. The lowest BCUT2D eigenvalue weighted by Gasteiger charge is -1.97. The van der Waals surface area contributed by atoms with Gasteiger partial charge in [0.25, 0.3) is 5.91 Å². The summed E-state index contributed by atoms with van der Waals surface area (Å²) in [7, 11) is 1.45. The maximum Gasteiger partial charge on any atom is 0.347 e. The number of thiazole rings is 1. The Labute approximate surface area is 116 Å². The SMILES string of the molecule is COCc1nc(NC(=O)c2cccs2)sc1C(=O)O. The summed E-state index contributed by atoms with van der Waals surface area (Å²) in [5, 5.41) is 13.6. The Bertz CT molecular complexity index is 592. The van der Waals surface area contributed by atoms with Crippen molar-refractivity contribution in [2.75, 3.05) is 12.4 Å². The van der Waals surface area contributed by atoms with Crippen LogP contribution in [0.4, 0.5) is 5.13 Å². The number of hydrogen-bond donors (Lipinski definition) is 2. The van der Waals surface area contributed by atoms with Crippen LogP contribution >= 0.6 is 22.7 Å². The number of rotatable bonds is 5. The number of nitrogens with one attached hydrogen (secondary N) is 1. The quantitative estimate of drug-likeness (QED) is 0.884. The molecule has 0 saturated carbocycles. The highest BCUT2D eigenvalue weighted by molar-refractivity contribution is 7.18. The number of thiophene rings is 1. The molecule has 0 fully saturated rings. The molecule has 2 heterocycles. The van der Waals surface area contributed by atoms with Gasteiger partial charge in [0, 0.05) is 7.11 Å². The van der Waals surface area contributed by atoms with Crippen LogP contribution in [0.3, 0.4) is 0 Å². The topological polar surface area (TPSA) is 88.5 Å². The summed E-state index contributed by atoms with van der Waals surface area (Å²) in [5.74, 6) is -1.38. The largest absolute Gasteiger partial charge is 0.477 e. The average molecular weight is 298 g/mol. The van der Waals surface area contributed by atoms with Crippen molar-refractivity contribution in [1.29, 1.82) is 0 Å². The molecule has 0 radical (unpaired) electrons. The van der Waals surface area contributed by atoms with Gasteiger partial charge in [0.15, 0.2) is 5.13 Å². The third-order valence-electron chi connectivity index (χ3n) is 2.14. The standard InChI is InChI=1S/C11H10N2O4S2/c1-17-5-6-8(10(15)16)19-11(12-6)13-9(14)7-3-2-4-18-7/h2-4H,5H2,1H3,(H,15,16)(H,12,13,14). The van der Waals surface area contributed by atoms with Crippen molar-refractivity contribution in [3.8, 4) is 0 Å². The molecular formula is C11H10N2O4S2. The van der Waals surface area contributed by atoms with Gasteiger partial charge in [0.05, 0.1) is 17.2 Å². The summed E-state index contributed by atoms with van der Waals surface area (Å²) < 4.78 is 4.88. The van der Waals surface area contributed by atoms with Crippen LogP contribution < -0.4 is 5.32 Å². The zero-order valence-corrected chi connectivity index (χ0v) is 11.5. The van der Waals surface area contributed by atoms with Gasteiger partial charge in [-0.1, -0.05) is 17.4 Å². The number of carboxylic acids is 1. The highest BCUT2D eigenvalue weighted by Gasteiger charge is 2.18. The normalized spacial score (nSPS) is 10.4. The lowest BCUT2D eigenvalue weighted by atomic mass is 10.4. The molecule has 2 aromatic rings. The highest BCUT2D eigenvalue weighted by atomic mass is 32.1. The maximum atomic E-state index is 11.8. The molecule has 0 aliphatic rings. The van der Waals surface area contributed by atoms with Gasteiger partial charge in [0.1, 0.15) is 4.88 Å². The molecule has 0 aliphatic heterocycles. The Morgan fingerprint density at radius 1 is 1.53 bits per heavy atom. The summed E-state index contributed by atoms with van der Waals surface area (Å²) in [5.41, 5.74) is 0.307. The van der Waals surface area contributed by atoms with E-state index in [1.807, 2.05) is 0 Å². The first-order chi connectivity index (χ1) is 9.11. The summed E-state index contributed by atoms with van der Waals surface area (Å²) in [6, 6.07) is 3.45. The lowest BCUT2D eigenvalue weighted by molar-refractivity contribution is 0.0696. The minimum Gasteiger partial charge on any atom is -0.477 e. The molecule has 0 saturated heterocycles. The van der Waals surface area contributed by atoms with Gasteiger partial charge in [0.2, 0.25) is 0 Å². The van der Waals surface area contributed by atoms with Gasteiger partial charge in [-0.3, -0.25) is 10.1 Å². The number of aromatic nitrogens is 1. The Hall–Kier alpha value is -1.77. The van der Waals surface area contributed by atoms with Gasteiger partial charge in [-0.25, -0.2) is 9.78 Å². The molecule has 2 N–H and O–H groups in total. The van der Waals surface area contributed by atoms with Gasteiger partial charge >= 0.3 is 5.97 Å². The van der Waals surface area contributed by atoms with Gasteiger partial charge in [-0.15, -0.1) is 11.3 Å². The van der Waals surface area contributed by atoms with Crippen LogP contribution in [0.15, 0.2) is 17.5 Å². The lowest BCUT2D eigenvalue weighted by Crippen LogP contribution is -2.09. The monoisotopic (exact) mass is 298 g/mol. The van der Waals surface area contributed by atoms with Crippen LogP contribution in [0.2, 0.25) is 0 Å². The van der Waals surface area contributed by atoms with E-state index in [-0.39, 0.29) is 22.5 Å². The first kappa shape index (κ1) is 13.7. The summed E-state index contributed by atoms with van der Waals surface area (Å²) >= 11 is 2.22. The maximum absolute atomic E-state index is 11.8. The van der Waals surface area contributed by atoms with Crippen LogP contribution in [0.5, 0.6) is 0 Å². The number of aromatic carboxylic acids is 1. The van der Waals surface area contributed by atoms with E-state index in [9.17, 15) is 9.59 Å². The number of methoxy groups -OCH3 is 1. The molecule has 8 heteroatoms. The first-order valence-electron chi connectivity index (χ1n) is 5.18. The molecule has 0 atom stereocenters. The number of carbonyl (C=O) groups excluding carboxylic acids is 1. The molecule has 0 unspecified atom stereocenters. The van der Waals surface area contributed by atoms with Crippen molar-refractivity contribution < 1.29 is 19.4 Å². The highest BCUT2D eigenvalue weighted by Crippen LogP contribution is 2.24. The van der Waals surface area contributed by atoms with Crippen molar-refractivity contribution in [2.24, 2.45) is 0 Å². The first-order valence-corrected chi connectivity index (χ1v) is 6.88. The molecular weight excluding hydrogens is 288 g/mol. The molecule has 2 aromatic heterocycles. The molecule has 6 nitrogen and oxygen atoms in total. The predicted molar refractivity (Wildman–Crippen MR) is 72.1 cm³/mol. The fraction of sp³-hybridized carbons (Fsp3) is 0.182. The van der Waals surface area contributed by atoms with Crippen LogP contribution in [0.1, 0.15) is 25.0 Å². The molecule has 1 amide bonds. The second kappa shape index (κ2) is 5.91. The fourth-order valence-electron chi connectivity index (χ4n) is 1.37. The van der Waals surface area contributed by atoms with Crippen LogP contribution in [-0.2, 0) is 11.3 Å². The molecule has 19 heavy (non-hydrogen) atoms. The molecule has 0 aliphatic carbocycles. The second-order valence-corrected chi connectivity index (χ2v) is 5.41. The van der Waals surface area contributed by atoms with E-state index < -0.39 is 5.97 Å². The number of amides is 1. The van der Waals surface area contributed by atoms with E-state index >= 15 is 0 Å². The number of nitrogens with zero attached hydrogens (tertiary/aromatic N) is 1. The smallest absolute Gasteiger partial charge is 0.347 e. The summed E-state index contributed by atoms with van der Waals surface area (Å²) in [6.45, 7) is 0.0903. The van der Waals surface area contributed by atoms with Crippen molar-refractivity contribution in [2.45, 2.75) is 6.61 Å². The van der Waals surface area contributed by atoms with Crippen molar-refractivity contribution in [3.05, 3.63) is 33.0 Å². The van der Waals surface area contributed by atoms with Crippen LogP contribution in [0.25, 0.3) is 0 Å². The zero-order chi connectivity index (χ0) is 13.8. The summed E-state index contributed by atoms with van der Waals surface area (Å²) in [4.78, 5) is 27.5. The molecule has 0 bridgehead atoms. The Kier molecular flexibility index (Phi) is 4.25. The number of ether oxygens (including phenoxy) is 1. The predicted octanol–water partition coefficient (Wildman–Crippen LogP) is 2.30. The Morgan fingerprint density at radius 3 is 2.89 bits per heavy atom. The second-order valence-electron chi connectivity index (χ2n) is 3.46. The Morgan fingerprint density at radius 2 is 2.32 bits per heavy atom. The van der Waals surface area contributed by atoms with Gasteiger partial charge in [-0.2, -0.15) is 0 Å². The van der Waals surface area contributed by atoms with E-state index in [1.54, 1.807) is 17.5 Å². The minimum atomic E-state index is -1.08. The van der Waals surface area contributed by atoms with E-state index in [0.29, 0.717) is 10.6 Å². The Balaban J connectivity index is 2.19. The third-order valence-corrected chi connectivity index (χ3v) is 4.01. The summed E-state index contributed by atoms with van der Waals surface area (Å²) in [6.07, 6.45) is 0. The van der Waals surface area contributed by atoms with E-state index in [1.165, 1.54) is 18.4 Å². The van der Waals surface area contributed by atoms with Crippen molar-refractivity contribution in [1.82, 2.24) is 4.98 Å². The average Bonchev–Trinajstić information content (AvgIpc) is 2.98.